The molecule has 1 amide bonds. The van der Waals surface area contributed by atoms with Gasteiger partial charge in [0.2, 0.25) is 5.91 Å². The molecular weight excluding hydrogens is 492 g/mol. The minimum atomic E-state index is -0.738. The van der Waals surface area contributed by atoms with Crippen molar-refractivity contribution in [1.29, 1.82) is 0 Å². The van der Waals surface area contributed by atoms with Crippen molar-refractivity contribution in [2.24, 2.45) is 15.9 Å². The number of aliphatic hydroxyl groups is 2. The van der Waals surface area contributed by atoms with E-state index < -0.39 is 22.6 Å². The number of carbonyl (C=O) groups is 2. The number of nitrogens with zero attached hydrogens (tertiary/aromatic N) is 2. The fourth-order valence-corrected chi connectivity index (χ4v) is 7.34. The number of hydrogen-bond acceptors (Lipinski definition) is 5. The SMILES string of the molecule is C1=CCC(c2ccccc2)C1.O=C(N1N=CCC1c1ccccc1)C12CC(O)(C1)C2.O=C(O)C12CC(O)(C1)C2. The van der Waals surface area contributed by atoms with E-state index in [2.05, 4.69) is 47.6 Å². The van der Waals surface area contributed by atoms with E-state index in [-0.39, 0.29) is 17.4 Å². The van der Waals surface area contributed by atoms with Crippen molar-refractivity contribution < 1.29 is 24.9 Å². The number of carboxylic acids is 1. The van der Waals surface area contributed by atoms with E-state index in [9.17, 15) is 14.7 Å². The molecule has 7 heteroatoms. The van der Waals surface area contributed by atoms with Gasteiger partial charge in [0.25, 0.3) is 0 Å². The van der Waals surface area contributed by atoms with E-state index in [0.717, 1.165) is 17.9 Å². The molecule has 0 spiro atoms. The predicted octanol–water partition coefficient (Wildman–Crippen LogP) is 4.97. The fraction of sp³-hybridized carbons (Fsp3) is 0.469. The average Bonchev–Trinajstić information content (AvgIpc) is 3.58. The molecule has 6 saturated carbocycles. The van der Waals surface area contributed by atoms with Crippen LogP contribution in [0.1, 0.15) is 80.9 Å². The zero-order valence-corrected chi connectivity index (χ0v) is 22.1. The van der Waals surface area contributed by atoms with Crippen molar-refractivity contribution in [2.75, 3.05) is 0 Å². The molecule has 2 aromatic carbocycles. The monoisotopic (exact) mass is 528 g/mol. The third kappa shape index (κ3) is 4.61. The van der Waals surface area contributed by atoms with Gasteiger partial charge in [0.05, 0.1) is 28.1 Å². The minimum Gasteiger partial charge on any atom is -0.481 e. The minimum absolute atomic E-state index is 0.0253. The summed E-state index contributed by atoms with van der Waals surface area (Å²) < 4.78 is 0. The van der Waals surface area contributed by atoms with Gasteiger partial charge < -0.3 is 15.3 Å². The van der Waals surface area contributed by atoms with E-state index >= 15 is 0 Å². The maximum absolute atomic E-state index is 12.6. The van der Waals surface area contributed by atoms with Gasteiger partial charge in [0.1, 0.15) is 0 Å². The van der Waals surface area contributed by atoms with Crippen molar-refractivity contribution >= 4 is 18.1 Å². The highest BCUT2D eigenvalue weighted by atomic mass is 16.4. The van der Waals surface area contributed by atoms with Crippen LogP contribution in [-0.2, 0) is 9.59 Å². The first kappa shape index (κ1) is 26.0. The molecule has 0 saturated heterocycles. The van der Waals surface area contributed by atoms with E-state index in [4.69, 9.17) is 10.2 Å². The summed E-state index contributed by atoms with van der Waals surface area (Å²) in [6, 6.07) is 20.8. The average molecular weight is 529 g/mol. The second-order valence-electron chi connectivity index (χ2n) is 12.5. The summed E-state index contributed by atoms with van der Waals surface area (Å²) in [6.07, 6.45) is 12.9. The largest absolute Gasteiger partial charge is 0.481 e. The first-order valence-corrected chi connectivity index (χ1v) is 13.9. The summed E-state index contributed by atoms with van der Waals surface area (Å²) in [7, 11) is 0. The van der Waals surface area contributed by atoms with Crippen LogP contribution in [0.3, 0.4) is 0 Å². The summed E-state index contributed by atoms with van der Waals surface area (Å²) in [5, 5.41) is 33.4. The lowest BCUT2D eigenvalue weighted by Gasteiger charge is -2.66. The van der Waals surface area contributed by atoms with Crippen LogP contribution < -0.4 is 0 Å². The second kappa shape index (κ2) is 9.42. The number of allylic oxidation sites excluding steroid dienone is 2. The lowest BCUT2D eigenvalue weighted by Crippen LogP contribution is -2.72. The molecule has 39 heavy (non-hydrogen) atoms. The number of hydrogen-bond donors (Lipinski definition) is 3. The van der Waals surface area contributed by atoms with Gasteiger partial charge in [-0.25, -0.2) is 5.01 Å². The predicted molar refractivity (Wildman–Crippen MR) is 147 cm³/mol. The van der Waals surface area contributed by atoms with Crippen molar-refractivity contribution in [3.63, 3.8) is 0 Å². The molecule has 10 rings (SSSR count). The van der Waals surface area contributed by atoms with Gasteiger partial charge in [-0.1, -0.05) is 72.8 Å². The summed E-state index contributed by atoms with van der Waals surface area (Å²) in [5.41, 5.74) is 0.675. The van der Waals surface area contributed by atoms with E-state index in [0.29, 0.717) is 38.5 Å². The van der Waals surface area contributed by atoms with Crippen molar-refractivity contribution in [2.45, 2.75) is 80.9 Å². The molecule has 7 aliphatic carbocycles. The molecule has 1 aliphatic heterocycles. The zero-order valence-electron chi connectivity index (χ0n) is 22.1. The molecular formula is C32H36N2O5. The Morgan fingerprint density at radius 1 is 0.718 bits per heavy atom. The van der Waals surface area contributed by atoms with Crippen LogP contribution in [0.5, 0.6) is 0 Å². The third-order valence-corrected chi connectivity index (χ3v) is 9.41. The fourth-order valence-electron chi connectivity index (χ4n) is 7.34. The first-order chi connectivity index (χ1) is 18.7. The molecule has 2 aromatic rings. The van der Waals surface area contributed by atoms with Gasteiger partial charge >= 0.3 is 5.97 Å². The summed E-state index contributed by atoms with van der Waals surface area (Å²) in [6.45, 7) is 0. The lowest BCUT2D eigenvalue weighted by molar-refractivity contribution is -0.260. The van der Waals surface area contributed by atoms with Crippen LogP contribution in [0.15, 0.2) is 77.9 Å². The summed E-state index contributed by atoms with van der Waals surface area (Å²) in [5.74, 6) is 0.112. The van der Waals surface area contributed by atoms with Crippen LogP contribution in [0.4, 0.5) is 0 Å². The van der Waals surface area contributed by atoms with E-state index in [1.807, 2.05) is 36.5 Å². The molecule has 1 atom stereocenters. The maximum Gasteiger partial charge on any atom is 0.309 e. The number of hydrazone groups is 1. The topological polar surface area (TPSA) is 110 Å². The van der Waals surface area contributed by atoms with E-state index in [1.165, 1.54) is 18.4 Å². The van der Waals surface area contributed by atoms with Gasteiger partial charge in [-0.3, -0.25) is 9.59 Å². The number of aliphatic carboxylic acids is 1. The van der Waals surface area contributed by atoms with Gasteiger partial charge in [-0.15, -0.1) is 0 Å². The summed E-state index contributed by atoms with van der Waals surface area (Å²) >= 11 is 0. The number of carbonyl (C=O) groups excluding carboxylic acids is 1. The second-order valence-corrected chi connectivity index (χ2v) is 12.5. The number of benzene rings is 2. The van der Waals surface area contributed by atoms with Gasteiger partial charge in [0, 0.05) is 12.6 Å². The standard InChI is InChI=1S/C15H16N2O2.C11H12.C6H8O3/c18-13(14-8-15(19,9-14)10-14)17-12(6-7-16-17)11-4-2-1-3-5-11;1-2-6-10(7-3-1)11-8-4-5-9-11;7-4(8)5-1-6(9,2-5)3-5/h1-5,7,12,19H,6,8-10H2;1-7,11H,8-9H2;9H,1-3H2,(H,7,8). The first-order valence-electron chi connectivity index (χ1n) is 13.9. The Kier molecular flexibility index (Phi) is 6.27. The maximum atomic E-state index is 12.6. The van der Waals surface area contributed by atoms with Crippen LogP contribution >= 0.6 is 0 Å². The van der Waals surface area contributed by atoms with Gasteiger partial charge in [0.15, 0.2) is 0 Å². The van der Waals surface area contributed by atoms with Crippen molar-refractivity contribution in [3.8, 4) is 0 Å². The lowest BCUT2D eigenvalue weighted by atomic mass is 9.41. The van der Waals surface area contributed by atoms with Crippen LogP contribution in [-0.4, -0.2) is 49.6 Å². The Hall–Kier alpha value is -3.29. The third-order valence-electron chi connectivity index (χ3n) is 9.41. The molecule has 3 N–H and O–H groups in total. The molecule has 204 valence electrons. The Bertz CT molecular complexity index is 1260. The number of amides is 1. The quantitative estimate of drug-likeness (QED) is 0.486. The molecule has 0 radical (unpaired) electrons. The number of carboxylic acid groups (broad SMARTS) is 1. The van der Waals surface area contributed by atoms with Crippen LogP contribution in [0, 0.1) is 10.8 Å². The summed E-state index contributed by atoms with van der Waals surface area (Å²) in [4.78, 5) is 23.0. The Morgan fingerprint density at radius 2 is 1.21 bits per heavy atom. The van der Waals surface area contributed by atoms with E-state index in [1.54, 1.807) is 5.01 Å². The Balaban J connectivity index is 0.000000117. The Labute approximate surface area is 228 Å². The van der Waals surface area contributed by atoms with Crippen molar-refractivity contribution in [3.05, 3.63) is 83.9 Å². The highest BCUT2D eigenvalue weighted by Gasteiger charge is 2.72. The van der Waals surface area contributed by atoms with Crippen LogP contribution in [0.2, 0.25) is 0 Å². The van der Waals surface area contributed by atoms with Crippen LogP contribution in [0.25, 0.3) is 0 Å². The van der Waals surface area contributed by atoms with Gasteiger partial charge in [-0.05, 0) is 68.4 Å². The molecule has 8 aliphatic rings. The highest BCUT2D eigenvalue weighted by molar-refractivity contribution is 5.88. The molecule has 1 unspecified atom stereocenters. The van der Waals surface area contributed by atoms with Crippen molar-refractivity contribution in [1.82, 2.24) is 5.01 Å². The molecule has 6 fully saturated rings. The highest BCUT2D eigenvalue weighted by Crippen LogP contribution is 2.68. The molecule has 0 aromatic heterocycles. The zero-order chi connectivity index (χ0) is 27.3. The molecule has 1 heterocycles. The smallest absolute Gasteiger partial charge is 0.309 e. The van der Waals surface area contributed by atoms with Gasteiger partial charge in [-0.2, -0.15) is 5.10 Å². The normalized spacial score (nSPS) is 36.2. The Morgan fingerprint density at radius 3 is 1.67 bits per heavy atom. The molecule has 4 bridgehead atoms. The number of rotatable bonds is 4. The molecule has 7 nitrogen and oxygen atoms in total.